The van der Waals surface area contributed by atoms with E-state index < -0.39 is 21.9 Å². The Kier molecular flexibility index (Phi) is 8.67. The quantitative estimate of drug-likeness (QED) is 0.661. The summed E-state index contributed by atoms with van der Waals surface area (Å²) in [5.74, 6) is -1.51. The van der Waals surface area contributed by atoms with Crippen LogP contribution in [0.1, 0.15) is 20.3 Å². The highest BCUT2D eigenvalue weighted by molar-refractivity contribution is 7.89. The van der Waals surface area contributed by atoms with Crippen LogP contribution in [0.2, 0.25) is 0 Å². The van der Waals surface area contributed by atoms with Crippen LogP contribution < -0.4 is 5.32 Å². The van der Waals surface area contributed by atoms with Crippen LogP contribution in [0, 0.1) is 5.92 Å². The molecule has 1 fully saturated rings. The average molecular weight is 420 g/mol. The van der Waals surface area contributed by atoms with Gasteiger partial charge in [0.05, 0.1) is 17.4 Å². The maximum Gasteiger partial charge on any atom is 0.307 e. The SMILES string of the molecule is CCN(CC)S(=O)(=O)c1ccc(NC(=O)CN2CCC(C(=O)O)C2)cc1.Cl. The van der Waals surface area contributed by atoms with Gasteiger partial charge >= 0.3 is 5.97 Å². The van der Waals surface area contributed by atoms with Gasteiger partial charge in [0, 0.05) is 25.3 Å². The molecule has 0 saturated carbocycles. The van der Waals surface area contributed by atoms with Crippen LogP contribution in [0.15, 0.2) is 29.2 Å². The molecule has 1 aliphatic rings. The number of hydrogen-bond acceptors (Lipinski definition) is 5. The van der Waals surface area contributed by atoms with Crippen molar-refractivity contribution >= 4 is 40.0 Å². The molecular formula is C17H26ClN3O5S. The van der Waals surface area contributed by atoms with Gasteiger partial charge in [-0.15, -0.1) is 12.4 Å². The molecule has 0 aromatic heterocycles. The van der Waals surface area contributed by atoms with Crippen molar-refractivity contribution in [3.63, 3.8) is 0 Å². The van der Waals surface area contributed by atoms with Crippen LogP contribution in [0.4, 0.5) is 5.69 Å². The number of carbonyl (C=O) groups excluding carboxylic acids is 1. The van der Waals surface area contributed by atoms with Gasteiger partial charge in [-0.3, -0.25) is 14.5 Å². The summed E-state index contributed by atoms with van der Waals surface area (Å²) in [6, 6.07) is 6.05. The fourth-order valence-electron chi connectivity index (χ4n) is 3.00. The lowest BCUT2D eigenvalue weighted by Gasteiger charge is -2.18. The second-order valence-electron chi connectivity index (χ2n) is 6.22. The number of carboxylic acids is 1. The first-order valence-corrected chi connectivity index (χ1v) is 10.1. The number of carbonyl (C=O) groups is 2. The van der Waals surface area contributed by atoms with Gasteiger partial charge in [-0.05, 0) is 37.2 Å². The van der Waals surface area contributed by atoms with E-state index in [1.54, 1.807) is 30.9 Å². The number of hydrogen-bond donors (Lipinski definition) is 2. The second kappa shape index (κ2) is 10.0. The van der Waals surface area contributed by atoms with E-state index in [0.717, 1.165) is 0 Å². The third-order valence-electron chi connectivity index (χ3n) is 4.47. The van der Waals surface area contributed by atoms with Crippen molar-refractivity contribution in [1.29, 1.82) is 0 Å². The molecule has 1 unspecified atom stereocenters. The maximum absolute atomic E-state index is 12.4. The molecule has 10 heteroatoms. The minimum atomic E-state index is -3.52. The van der Waals surface area contributed by atoms with Crippen molar-refractivity contribution in [3.05, 3.63) is 24.3 Å². The molecule has 1 atom stereocenters. The Labute approximate surface area is 166 Å². The fourth-order valence-corrected chi connectivity index (χ4v) is 4.46. The topological polar surface area (TPSA) is 107 Å². The first-order chi connectivity index (χ1) is 12.3. The number of sulfonamides is 1. The van der Waals surface area contributed by atoms with Gasteiger partial charge in [-0.1, -0.05) is 13.8 Å². The van der Waals surface area contributed by atoms with Crippen molar-refractivity contribution in [2.75, 3.05) is 38.0 Å². The van der Waals surface area contributed by atoms with Crippen molar-refractivity contribution in [2.24, 2.45) is 5.92 Å². The summed E-state index contributed by atoms with van der Waals surface area (Å²) in [6.45, 7) is 5.40. The molecule has 1 amide bonds. The fraction of sp³-hybridized carbons (Fsp3) is 0.529. The highest BCUT2D eigenvalue weighted by Gasteiger charge is 2.29. The first-order valence-electron chi connectivity index (χ1n) is 8.63. The van der Waals surface area contributed by atoms with E-state index in [4.69, 9.17) is 5.11 Å². The normalized spacial score (nSPS) is 17.5. The number of amides is 1. The monoisotopic (exact) mass is 419 g/mol. The Morgan fingerprint density at radius 1 is 1.22 bits per heavy atom. The molecule has 0 bridgehead atoms. The number of rotatable bonds is 8. The minimum absolute atomic E-state index is 0. The van der Waals surface area contributed by atoms with Crippen LogP contribution >= 0.6 is 12.4 Å². The van der Waals surface area contributed by atoms with Crippen LogP contribution in [0.25, 0.3) is 0 Å². The maximum atomic E-state index is 12.4. The minimum Gasteiger partial charge on any atom is -0.481 e. The first kappa shape index (κ1) is 23.4. The van der Waals surface area contributed by atoms with Crippen molar-refractivity contribution in [3.8, 4) is 0 Å². The van der Waals surface area contributed by atoms with Crippen LogP contribution in [0.5, 0.6) is 0 Å². The van der Waals surface area contributed by atoms with Gasteiger partial charge in [0.1, 0.15) is 0 Å². The number of nitrogens with one attached hydrogen (secondary N) is 1. The van der Waals surface area contributed by atoms with Gasteiger partial charge in [-0.2, -0.15) is 4.31 Å². The molecule has 2 rings (SSSR count). The highest BCUT2D eigenvalue weighted by Crippen LogP contribution is 2.19. The lowest BCUT2D eigenvalue weighted by Crippen LogP contribution is -2.32. The standard InChI is InChI=1S/C17H25N3O5S.ClH/c1-3-20(4-2)26(24,25)15-7-5-14(6-8-15)18-16(21)12-19-10-9-13(11-19)17(22)23;/h5-8,13H,3-4,9-12H2,1-2H3,(H,18,21)(H,22,23);1H. The number of benzene rings is 1. The zero-order chi connectivity index (χ0) is 19.3. The molecule has 8 nitrogen and oxygen atoms in total. The molecule has 0 radical (unpaired) electrons. The summed E-state index contributed by atoms with van der Waals surface area (Å²) in [5, 5.41) is 11.7. The predicted molar refractivity (Wildman–Crippen MR) is 105 cm³/mol. The highest BCUT2D eigenvalue weighted by atomic mass is 35.5. The van der Waals surface area contributed by atoms with E-state index in [-0.39, 0.29) is 29.8 Å². The number of likely N-dealkylation sites (tertiary alicyclic amines) is 1. The molecule has 27 heavy (non-hydrogen) atoms. The zero-order valence-corrected chi connectivity index (χ0v) is 17.1. The third-order valence-corrected chi connectivity index (χ3v) is 6.53. The number of anilines is 1. The molecule has 1 saturated heterocycles. The van der Waals surface area contributed by atoms with Crippen LogP contribution in [0.3, 0.4) is 0 Å². The molecule has 1 heterocycles. The Morgan fingerprint density at radius 3 is 2.30 bits per heavy atom. The Bertz CT molecular complexity index is 750. The van der Waals surface area contributed by atoms with Crippen LogP contribution in [-0.4, -0.2) is 67.3 Å². The zero-order valence-electron chi connectivity index (χ0n) is 15.4. The van der Waals surface area contributed by atoms with E-state index in [9.17, 15) is 18.0 Å². The number of halogens is 1. The molecular weight excluding hydrogens is 394 g/mol. The Balaban J connectivity index is 0.00000364. The molecule has 2 N–H and O–H groups in total. The molecule has 1 aliphatic heterocycles. The molecule has 1 aromatic carbocycles. The van der Waals surface area contributed by atoms with Crippen molar-refractivity contribution in [2.45, 2.75) is 25.2 Å². The lowest BCUT2D eigenvalue weighted by molar-refractivity contribution is -0.141. The van der Waals surface area contributed by atoms with Gasteiger partial charge < -0.3 is 10.4 Å². The Morgan fingerprint density at radius 2 is 1.81 bits per heavy atom. The number of nitrogens with zero attached hydrogens (tertiary/aromatic N) is 2. The van der Waals surface area contributed by atoms with Gasteiger partial charge in [0.25, 0.3) is 0 Å². The largest absolute Gasteiger partial charge is 0.481 e. The molecule has 0 spiro atoms. The summed E-state index contributed by atoms with van der Waals surface area (Å²) >= 11 is 0. The van der Waals surface area contributed by atoms with E-state index in [1.165, 1.54) is 16.4 Å². The lowest BCUT2D eigenvalue weighted by atomic mass is 10.1. The summed E-state index contributed by atoms with van der Waals surface area (Å²) in [7, 11) is -3.52. The van der Waals surface area contributed by atoms with E-state index >= 15 is 0 Å². The van der Waals surface area contributed by atoms with E-state index in [2.05, 4.69) is 5.32 Å². The summed E-state index contributed by atoms with van der Waals surface area (Å²) in [6.07, 6.45) is 0.542. The molecule has 0 aliphatic carbocycles. The van der Waals surface area contributed by atoms with E-state index in [1.807, 2.05) is 0 Å². The predicted octanol–water partition coefficient (Wildman–Crippen LogP) is 1.48. The average Bonchev–Trinajstić information content (AvgIpc) is 3.05. The molecule has 1 aromatic rings. The van der Waals surface area contributed by atoms with E-state index in [0.29, 0.717) is 38.3 Å². The Hall–Kier alpha value is -1.68. The van der Waals surface area contributed by atoms with Crippen molar-refractivity contribution in [1.82, 2.24) is 9.21 Å². The smallest absolute Gasteiger partial charge is 0.307 e. The third kappa shape index (κ3) is 5.90. The van der Waals surface area contributed by atoms with Crippen LogP contribution in [-0.2, 0) is 19.6 Å². The number of aliphatic carboxylic acids is 1. The van der Waals surface area contributed by atoms with Gasteiger partial charge in [0.15, 0.2) is 0 Å². The second-order valence-corrected chi connectivity index (χ2v) is 8.16. The summed E-state index contributed by atoms with van der Waals surface area (Å²) in [5.41, 5.74) is 0.502. The summed E-state index contributed by atoms with van der Waals surface area (Å²) in [4.78, 5) is 25.0. The number of carboxylic acid groups (broad SMARTS) is 1. The van der Waals surface area contributed by atoms with Gasteiger partial charge in [0.2, 0.25) is 15.9 Å². The molecule has 152 valence electrons. The summed E-state index contributed by atoms with van der Waals surface area (Å²) < 4.78 is 26.2. The van der Waals surface area contributed by atoms with Crippen molar-refractivity contribution < 1.29 is 23.1 Å². The van der Waals surface area contributed by atoms with Gasteiger partial charge in [-0.25, -0.2) is 8.42 Å².